The number of rotatable bonds is 8. The standard InChI is InChI=1S/C15H20Cl2O4/c1-10(2)7-19-11(3)8-21-15(18)9-20-14-5-4-12(16)6-13(14)17/h4-6,10-11H,7-9H2,1-3H3. The van der Waals surface area contributed by atoms with E-state index in [9.17, 15) is 4.79 Å². The van der Waals surface area contributed by atoms with Gasteiger partial charge in [-0.15, -0.1) is 0 Å². The van der Waals surface area contributed by atoms with E-state index in [1.54, 1.807) is 18.2 Å². The lowest BCUT2D eigenvalue weighted by Crippen LogP contribution is -2.23. The van der Waals surface area contributed by atoms with Gasteiger partial charge in [0.1, 0.15) is 12.4 Å². The number of ether oxygens (including phenoxy) is 3. The summed E-state index contributed by atoms with van der Waals surface area (Å²) in [5.74, 6) is 0.363. The Bertz CT molecular complexity index is 463. The molecule has 0 aliphatic heterocycles. The van der Waals surface area contributed by atoms with Gasteiger partial charge in [0.25, 0.3) is 0 Å². The fourth-order valence-electron chi connectivity index (χ4n) is 1.39. The molecule has 0 N–H and O–H groups in total. The zero-order valence-electron chi connectivity index (χ0n) is 12.4. The van der Waals surface area contributed by atoms with Gasteiger partial charge >= 0.3 is 5.97 Å². The summed E-state index contributed by atoms with van der Waals surface area (Å²) in [5.41, 5.74) is 0. The largest absolute Gasteiger partial charge is 0.480 e. The summed E-state index contributed by atoms with van der Waals surface area (Å²) >= 11 is 11.7. The van der Waals surface area contributed by atoms with Crippen molar-refractivity contribution in [2.24, 2.45) is 5.92 Å². The van der Waals surface area contributed by atoms with Gasteiger partial charge in [0.05, 0.1) is 11.1 Å². The molecule has 21 heavy (non-hydrogen) atoms. The number of benzene rings is 1. The zero-order valence-corrected chi connectivity index (χ0v) is 13.9. The highest BCUT2D eigenvalue weighted by atomic mass is 35.5. The van der Waals surface area contributed by atoms with Crippen LogP contribution in [0.25, 0.3) is 0 Å². The average Bonchev–Trinajstić information content (AvgIpc) is 2.41. The lowest BCUT2D eigenvalue weighted by Gasteiger charge is -2.15. The highest BCUT2D eigenvalue weighted by Gasteiger charge is 2.10. The maximum Gasteiger partial charge on any atom is 0.344 e. The Labute approximate surface area is 135 Å². The van der Waals surface area contributed by atoms with E-state index in [0.717, 1.165) is 0 Å². The van der Waals surface area contributed by atoms with Crippen molar-refractivity contribution in [2.45, 2.75) is 26.9 Å². The van der Waals surface area contributed by atoms with Crippen molar-refractivity contribution in [1.82, 2.24) is 0 Å². The van der Waals surface area contributed by atoms with Crippen LogP contribution in [0.1, 0.15) is 20.8 Å². The van der Waals surface area contributed by atoms with Gasteiger partial charge in [-0.2, -0.15) is 0 Å². The molecular formula is C15H20Cl2O4. The molecule has 0 aliphatic rings. The van der Waals surface area contributed by atoms with Crippen LogP contribution in [0.15, 0.2) is 18.2 Å². The third-order valence-electron chi connectivity index (χ3n) is 2.43. The number of hydrogen-bond acceptors (Lipinski definition) is 4. The first-order chi connectivity index (χ1) is 9.88. The van der Waals surface area contributed by atoms with Crippen molar-refractivity contribution in [1.29, 1.82) is 0 Å². The van der Waals surface area contributed by atoms with Gasteiger partial charge in [-0.1, -0.05) is 37.0 Å². The van der Waals surface area contributed by atoms with Crippen LogP contribution < -0.4 is 4.74 Å². The smallest absolute Gasteiger partial charge is 0.344 e. The molecule has 0 aliphatic carbocycles. The van der Waals surface area contributed by atoms with Gasteiger partial charge < -0.3 is 14.2 Å². The number of esters is 1. The van der Waals surface area contributed by atoms with Gasteiger partial charge in [0.2, 0.25) is 0 Å². The normalized spacial score (nSPS) is 12.3. The molecule has 4 nitrogen and oxygen atoms in total. The summed E-state index contributed by atoms with van der Waals surface area (Å²) in [5, 5.41) is 0.856. The van der Waals surface area contributed by atoms with Crippen molar-refractivity contribution in [3.05, 3.63) is 28.2 Å². The van der Waals surface area contributed by atoms with Crippen LogP contribution in [0.4, 0.5) is 0 Å². The van der Waals surface area contributed by atoms with E-state index < -0.39 is 5.97 Å². The molecule has 1 aromatic carbocycles. The molecule has 1 unspecified atom stereocenters. The fraction of sp³-hybridized carbons (Fsp3) is 0.533. The summed E-state index contributed by atoms with van der Waals surface area (Å²) in [6.45, 7) is 6.59. The molecule has 118 valence electrons. The monoisotopic (exact) mass is 334 g/mol. The first-order valence-corrected chi connectivity index (χ1v) is 7.49. The topological polar surface area (TPSA) is 44.8 Å². The minimum atomic E-state index is -0.471. The molecule has 0 heterocycles. The van der Waals surface area contributed by atoms with Gasteiger partial charge in [0.15, 0.2) is 6.61 Å². The van der Waals surface area contributed by atoms with E-state index in [1.807, 2.05) is 6.92 Å². The SMILES string of the molecule is CC(C)COC(C)COC(=O)COc1ccc(Cl)cc1Cl. The molecule has 0 bridgehead atoms. The summed E-state index contributed by atoms with van der Waals surface area (Å²) < 4.78 is 15.8. The van der Waals surface area contributed by atoms with Crippen LogP contribution in [0.5, 0.6) is 5.75 Å². The van der Waals surface area contributed by atoms with E-state index in [1.165, 1.54) is 0 Å². The number of carbonyl (C=O) groups is 1. The second-order valence-electron chi connectivity index (χ2n) is 5.08. The van der Waals surface area contributed by atoms with Crippen molar-refractivity contribution >= 4 is 29.2 Å². The second kappa shape index (κ2) is 9.13. The van der Waals surface area contributed by atoms with Crippen LogP contribution in [-0.2, 0) is 14.3 Å². The Kier molecular flexibility index (Phi) is 7.86. The molecule has 1 rings (SSSR count). The van der Waals surface area contributed by atoms with Crippen molar-refractivity contribution in [3.63, 3.8) is 0 Å². The van der Waals surface area contributed by atoms with Crippen molar-refractivity contribution in [3.8, 4) is 5.75 Å². The molecule has 0 spiro atoms. The zero-order chi connectivity index (χ0) is 15.8. The predicted octanol–water partition coefficient (Wildman–Crippen LogP) is 3.98. The Morgan fingerprint density at radius 1 is 1.19 bits per heavy atom. The Balaban J connectivity index is 2.28. The summed E-state index contributed by atoms with van der Waals surface area (Å²) in [6, 6.07) is 4.79. The maximum atomic E-state index is 11.6. The number of carbonyl (C=O) groups excluding carboxylic acids is 1. The Morgan fingerprint density at radius 3 is 2.52 bits per heavy atom. The van der Waals surface area contributed by atoms with Crippen molar-refractivity contribution in [2.75, 3.05) is 19.8 Å². The molecule has 0 aromatic heterocycles. The van der Waals surface area contributed by atoms with E-state index in [0.29, 0.717) is 28.3 Å². The van der Waals surface area contributed by atoms with Crippen LogP contribution in [0, 0.1) is 5.92 Å². The lowest BCUT2D eigenvalue weighted by molar-refractivity contribution is -0.150. The van der Waals surface area contributed by atoms with E-state index in [4.69, 9.17) is 37.4 Å². The van der Waals surface area contributed by atoms with Gasteiger partial charge in [-0.05, 0) is 31.0 Å². The van der Waals surface area contributed by atoms with Crippen LogP contribution >= 0.6 is 23.2 Å². The molecule has 6 heteroatoms. The minimum Gasteiger partial charge on any atom is -0.480 e. The second-order valence-corrected chi connectivity index (χ2v) is 5.93. The molecule has 1 aromatic rings. The Morgan fingerprint density at radius 2 is 1.90 bits per heavy atom. The van der Waals surface area contributed by atoms with Crippen LogP contribution in [0.3, 0.4) is 0 Å². The highest BCUT2D eigenvalue weighted by molar-refractivity contribution is 6.35. The molecule has 0 amide bonds. The maximum absolute atomic E-state index is 11.6. The minimum absolute atomic E-state index is 0.143. The molecule has 1 atom stereocenters. The highest BCUT2D eigenvalue weighted by Crippen LogP contribution is 2.27. The van der Waals surface area contributed by atoms with Gasteiger partial charge in [0, 0.05) is 11.6 Å². The number of hydrogen-bond donors (Lipinski definition) is 0. The lowest BCUT2D eigenvalue weighted by atomic mass is 10.2. The molecule has 0 saturated carbocycles. The first kappa shape index (κ1) is 18.1. The van der Waals surface area contributed by atoms with Gasteiger partial charge in [-0.25, -0.2) is 4.79 Å². The fourth-order valence-corrected chi connectivity index (χ4v) is 1.85. The van der Waals surface area contributed by atoms with E-state index in [-0.39, 0.29) is 19.3 Å². The number of halogens is 2. The average molecular weight is 335 g/mol. The van der Waals surface area contributed by atoms with Gasteiger partial charge in [-0.3, -0.25) is 0 Å². The quantitative estimate of drug-likeness (QED) is 0.674. The van der Waals surface area contributed by atoms with Crippen molar-refractivity contribution < 1.29 is 19.0 Å². The molecule has 0 saturated heterocycles. The Hall–Kier alpha value is -0.970. The molecule has 0 fully saturated rings. The van der Waals surface area contributed by atoms with E-state index >= 15 is 0 Å². The molecule has 0 radical (unpaired) electrons. The summed E-state index contributed by atoms with van der Waals surface area (Å²) in [6.07, 6.45) is -0.143. The summed E-state index contributed by atoms with van der Waals surface area (Å²) in [4.78, 5) is 11.6. The summed E-state index contributed by atoms with van der Waals surface area (Å²) in [7, 11) is 0. The van der Waals surface area contributed by atoms with E-state index in [2.05, 4.69) is 13.8 Å². The van der Waals surface area contributed by atoms with Crippen LogP contribution in [0.2, 0.25) is 10.0 Å². The predicted molar refractivity (Wildman–Crippen MR) is 83.2 cm³/mol. The van der Waals surface area contributed by atoms with Crippen LogP contribution in [-0.4, -0.2) is 31.9 Å². The first-order valence-electron chi connectivity index (χ1n) is 6.73. The molecular weight excluding hydrogens is 315 g/mol. The third kappa shape index (κ3) is 7.55. The third-order valence-corrected chi connectivity index (χ3v) is 2.96.